The van der Waals surface area contributed by atoms with E-state index < -0.39 is 35.6 Å². The standard InChI is InChI=1S/C33H27NO6/c1-38-26-12-5-3-10-24(26)28-30(32(35)36)29(25-11-4-6-13-27(25)39-2)31(28)33(37)40-23-9-7-8-22(18-23)21-16-14-20(19-34)15-17-21/h3-18,28-31H,1-2H3,(H,35,36)/t28-,29?,30?,31+/m0/s1. The molecule has 0 amide bonds. The summed E-state index contributed by atoms with van der Waals surface area (Å²) in [6.45, 7) is 0. The van der Waals surface area contributed by atoms with Crippen molar-refractivity contribution >= 4 is 11.9 Å². The number of rotatable bonds is 8. The maximum Gasteiger partial charge on any atom is 0.315 e. The molecule has 0 heterocycles. The van der Waals surface area contributed by atoms with E-state index in [0.29, 0.717) is 33.9 Å². The zero-order chi connectivity index (χ0) is 28.2. The van der Waals surface area contributed by atoms with E-state index >= 15 is 0 Å². The summed E-state index contributed by atoms with van der Waals surface area (Å²) in [6, 6.07) is 30.6. The van der Waals surface area contributed by atoms with Crippen molar-refractivity contribution in [2.75, 3.05) is 14.2 Å². The summed E-state index contributed by atoms with van der Waals surface area (Å²) in [7, 11) is 3.04. The minimum Gasteiger partial charge on any atom is -0.496 e. The number of carboxylic acids is 1. The highest BCUT2D eigenvalue weighted by molar-refractivity contribution is 5.86. The average molecular weight is 534 g/mol. The molecule has 0 saturated heterocycles. The average Bonchev–Trinajstić information content (AvgIpc) is 2.97. The van der Waals surface area contributed by atoms with Crippen LogP contribution in [0.15, 0.2) is 97.1 Å². The van der Waals surface area contributed by atoms with Gasteiger partial charge in [0, 0.05) is 11.8 Å². The van der Waals surface area contributed by atoms with Crippen LogP contribution in [0, 0.1) is 23.2 Å². The molecular formula is C33H27NO6. The second kappa shape index (κ2) is 11.3. The molecule has 40 heavy (non-hydrogen) atoms. The second-order valence-corrected chi connectivity index (χ2v) is 9.56. The van der Waals surface area contributed by atoms with E-state index in [0.717, 1.165) is 11.1 Å². The van der Waals surface area contributed by atoms with Crippen molar-refractivity contribution in [3.8, 4) is 34.4 Å². The van der Waals surface area contributed by atoms with Gasteiger partial charge in [0.15, 0.2) is 0 Å². The van der Waals surface area contributed by atoms with Crippen molar-refractivity contribution in [3.05, 3.63) is 114 Å². The first-order valence-corrected chi connectivity index (χ1v) is 12.8. The SMILES string of the molecule is COc1ccccc1C1C(C(=O)O)[C@H](c2ccccc2OC)[C@H]1C(=O)Oc1cccc(-c2ccc(C#N)cc2)c1. The van der Waals surface area contributed by atoms with Gasteiger partial charge in [-0.3, -0.25) is 9.59 Å². The molecule has 1 N–H and O–H groups in total. The van der Waals surface area contributed by atoms with Crippen molar-refractivity contribution in [2.45, 2.75) is 11.8 Å². The van der Waals surface area contributed by atoms with E-state index in [-0.39, 0.29) is 0 Å². The zero-order valence-electron chi connectivity index (χ0n) is 22.0. The molecule has 0 radical (unpaired) electrons. The molecule has 1 aliphatic carbocycles. The number of para-hydroxylation sites is 2. The van der Waals surface area contributed by atoms with Crippen LogP contribution in [0.4, 0.5) is 0 Å². The van der Waals surface area contributed by atoms with Crippen LogP contribution < -0.4 is 14.2 Å². The number of nitrogens with zero attached hydrogens (tertiary/aromatic N) is 1. The van der Waals surface area contributed by atoms with E-state index in [2.05, 4.69) is 6.07 Å². The zero-order valence-corrected chi connectivity index (χ0v) is 22.0. The highest BCUT2D eigenvalue weighted by Crippen LogP contribution is 2.60. The first-order valence-electron chi connectivity index (χ1n) is 12.8. The fraction of sp³-hybridized carbons (Fsp3) is 0.182. The molecule has 0 aliphatic heterocycles. The van der Waals surface area contributed by atoms with Gasteiger partial charge in [-0.2, -0.15) is 5.26 Å². The molecule has 4 atom stereocenters. The van der Waals surface area contributed by atoms with Crippen LogP contribution in [0.1, 0.15) is 28.5 Å². The fourth-order valence-electron chi connectivity index (χ4n) is 5.67. The number of nitriles is 1. The molecule has 200 valence electrons. The van der Waals surface area contributed by atoms with Crippen LogP contribution in [-0.2, 0) is 9.59 Å². The quantitative estimate of drug-likeness (QED) is 0.217. The summed E-state index contributed by atoms with van der Waals surface area (Å²) in [5.74, 6) is -3.28. The van der Waals surface area contributed by atoms with Crippen LogP contribution in [0.2, 0.25) is 0 Å². The first kappa shape index (κ1) is 26.5. The van der Waals surface area contributed by atoms with Crippen molar-refractivity contribution in [2.24, 2.45) is 11.8 Å². The summed E-state index contributed by atoms with van der Waals surface area (Å²) < 4.78 is 17.0. The van der Waals surface area contributed by atoms with Crippen molar-refractivity contribution < 1.29 is 28.9 Å². The number of carbonyl (C=O) groups excluding carboxylic acids is 1. The van der Waals surface area contributed by atoms with Gasteiger partial charge in [0.05, 0.1) is 37.7 Å². The van der Waals surface area contributed by atoms with Crippen LogP contribution in [-0.4, -0.2) is 31.3 Å². The summed E-state index contributed by atoms with van der Waals surface area (Å²) in [4.78, 5) is 26.6. The maximum absolute atomic E-state index is 13.9. The lowest BCUT2D eigenvalue weighted by molar-refractivity contribution is -0.158. The number of carbonyl (C=O) groups is 2. The van der Waals surface area contributed by atoms with Crippen molar-refractivity contribution in [1.29, 1.82) is 5.26 Å². The Morgan fingerprint density at radius 1 is 0.725 bits per heavy atom. The Morgan fingerprint density at radius 2 is 1.30 bits per heavy atom. The lowest BCUT2D eigenvalue weighted by Crippen LogP contribution is -2.52. The van der Waals surface area contributed by atoms with Crippen LogP contribution in [0.25, 0.3) is 11.1 Å². The smallest absolute Gasteiger partial charge is 0.315 e. The number of carboxylic acid groups (broad SMARTS) is 1. The number of esters is 1. The first-order chi connectivity index (χ1) is 19.5. The van der Waals surface area contributed by atoms with Crippen LogP contribution in [0.5, 0.6) is 17.2 Å². The molecule has 0 spiro atoms. The third-order valence-electron chi connectivity index (χ3n) is 7.50. The lowest BCUT2D eigenvalue weighted by Gasteiger charge is -2.49. The van der Waals surface area contributed by atoms with Gasteiger partial charge >= 0.3 is 11.9 Å². The molecule has 5 rings (SSSR count). The van der Waals surface area contributed by atoms with Gasteiger partial charge in [0.1, 0.15) is 17.2 Å². The van der Waals surface area contributed by atoms with E-state index in [4.69, 9.17) is 19.5 Å². The Hall–Kier alpha value is -5.09. The van der Waals surface area contributed by atoms with Crippen LogP contribution in [0.3, 0.4) is 0 Å². The van der Waals surface area contributed by atoms with Crippen molar-refractivity contribution in [3.63, 3.8) is 0 Å². The van der Waals surface area contributed by atoms with Gasteiger partial charge in [-0.1, -0.05) is 60.7 Å². The Bertz CT molecular complexity index is 1530. The second-order valence-electron chi connectivity index (χ2n) is 9.56. The number of hydrogen-bond acceptors (Lipinski definition) is 6. The molecule has 4 aromatic carbocycles. The van der Waals surface area contributed by atoms with E-state index in [1.807, 2.05) is 18.2 Å². The van der Waals surface area contributed by atoms with Gasteiger partial charge in [-0.05, 0) is 58.7 Å². The van der Waals surface area contributed by atoms with E-state index in [9.17, 15) is 14.7 Å². The molecule has 0 bridgehead atoms. The predicted molar refractivity (Wildman–Crippen MR) is 148 cm³/mol. The number of methoxy groups -OCH3 is 2. The number of ether oxygens (including phenoxy) is 3. The maximum atomic E-state index is 13.9. The van der Waals surface area contributed by atoms with E-state index in [1.54, 1.807) is 78.9 Å². The highest BCUT2D eigenvalue weighted by atomic mass is 16.5. The Labute approximate surface area is 232 Å². The summed E-state index contributed by atoms with van der Waals surface area (Å²) in [6.07, 6.45) is 0. The highest BCUT2D eigenvalue weighted by Gasteiger charge is 2.60. The monoisotopic (exact) mass is 533 g/mol. The fourth-order valence-corrected chi connectivity index (χ4v) is 5.67. The summed E-state index contributed by atoms with van der Waals surface area (Å²) in [5.41, 5.74) is 3.50. The molecule has 1 aliphatic rings. The molecule has 4 aromatic rings. The third-order valence-corrected chi connectivity index (χ3v) is 7.50. The Balaban J connectivity index is 1.54. The molecular weight excluding hydrogens is 506 g/mol. The van der Waals surface area contributed by atoms with Gasteiger partial charge in [-0.15, -0.1) is 0 Å². The molecule has 7 nitrogen and oxygen atoms in total. The Morgan fingerprint density at radius 3 is 1.82 bits per heavy atom. The third kappa shape index (κ3) is 4.87. The normalized spacial score (nSPS) is 19.5. The molecule has 2 unspecified atom stereocenters. The largest absolute Gasteiger partial charge is 0.496 e. The number of hydrogen-bond donors (Lipinski definition) is 1. The van der Waals surface area contributed by atoms with Gasteiger partial charge < -0.3 is 19.3 Å². The van der Waals surface area contributed by atoms with Gasteiger partial charge in [0.2, 0.25) is 0 Å². The van der Waals surface area contributed by atoms with Crippen LogP contribution >= 0.6 is 0 Å². The summed E-state index contributed by atoms with van der Waals surface area (Å²) in [5, 5.41) is 19.4. The van der Waals surface area contributed by atoms with Crippen molar-refractivity contribution in [1.82, 2.24) is 0 Å². The minimum absolute atomic E-state index is 0.336. The topological polar surface area (TPSA) is 106 Å². The summed E-state index contributed by atoms with van der Waals surface area (Å²) >= 11 is 0. The number of aliphatic carboxylic acids is 1. The lowest BCUT2D eigenvalue weighted by atomic mass is 9.52. The minimum atomic E-state index is -1.02. The predicted octanol–water partition coefficient (Wildman–Crippen LogP) is 6.05. The van der Waals surface area contributed by atoms with Gasteiger partial charge in [-0.25, -0.2) is 0 Å². The Kier molecular flexibility index (Phi) is 7.52. The number of benzene rings is 4. The molecule has 7 heteroatoms. The molecule has 0 aromatic heterocycles. The molecule has 1 fully saturated rings. The van der Waals surface area contributed by atoms with Gasteiger partial charge in [0.25, 0.3) is 0 Å². The molecule has 1 saturated carbocycles. The van der Waals surface area contributed by atoms with E-state index in [1.165, 1.54) is 14.2 Å².